The van der Waals surface area contributed by atoms with Crippen LogP contribution in [0.2, 0.25) is 0 Å². The lowest BCUT2D eigenvalue weighted by Crippen LogP contribution is -2.23. The summed E-state index contributed by atoms with van der Waals surface area (Å²) in [4.78, 5) is 12.2. The van der Waals surface area contributed by atoms with Crippen molar-refractivity contribution in [3.8, 4) is 5.75 Å². The van der Waals surface area contributed by atoms with Gasteiger partial charge in [-0.25, -0.2) is 0 Å². The summed E-state index contributed by atoms with van der Waals surface area (Å²) >= 11 is 0. The number of amides is 1. The second-order valence-corrected chi connectivity index (χ2v) is 5.61. The number of ether oxygens (including phenoxy) is 1. The van der Waals surface area contributed by atoms with Gasteiger partial charge in [-0.15, -0.1) is 0 Å². The zero-order valence-electron chi connectivity index (χ0n) is 13.8. The second-order valence-electron chi connectivity index (χ2n) is 5.61. The van der Waals surface area contributed by atoms with Gasteiger partial charge >= 0.3 is 6.61 Å². The van der Waals surface area contributed by atoms with Crippen molar-refractivity contribution in [2.75, 3.05) is 0 Å². The Kier molecular flexibility index (Phi) is 5.58. The Morgan fingerprint density at radius 2 is 1.92 bits per heavy atom. The molecule has 0 bridgehead atoms. The highest BCUT2D eigenvalue weighted by Crippen LogP contribution is 2.16. The van der Waals surface area contributed by atoms with E-state index in [0.717, 1.165) is 11.1 Å². The van der Waals surface area contributed by atoms with Gasteiger partial charge in [-0.05, 0) is 35.4 Å². The number of halogens is 2. The molecule has 0 aliphatic heterocycles. The highest BCUT2D eigenvalue weighted by atomic mass is 19.3. The highest BCUT2D eigenvalue weighted by molar-refractivity contribution is 5.94. The summed E-state index contributed by atoms with van der Waals surface area (Å²) in [5.41, 5.74) is 2.26. The number of carbonyl (C=O) groups excluding carboxylic acids is 1. The Balaban J connectivity index is 1.61. The fourth-order valence-corrected chi connectivity index (χ4v) is 2.52. The molecule has 0 aliphatic carbocycles. The molecule has 1 N–H and O–H groups in total. The van der Waals surface area contributed by atoms with Gasteiger partial charge in [0.1, 0.15) is 5.75 Å². The van der Waals surface area contributed by atoms with E-state index in [1.54, 1.807) is 12.3 Å². The molecule has 0 spiro atoms. The summed E-state index contributed by atoms with van der Waals surface area (Å²) in [6, 6.07) is 15.4. The Morgan fingerprint density at radius 3 is 2.69 bits per heavy atom. The lowest BCUT2D eigenvalue weighted by atomic mass is 10.1. The van der Waals surface area contributed by atoms with Crippen LogP contribution < -0.4 is 10.1 Å². The van der Waals surface area contributed by atoms with Gasteiger partial charge in [-0.2, -0.15) is 13.9 Å². The Hall–Kier alpha value is -3.22. The van der Waals surface area contributed by atoms with Crippen molar-refractivity contribution in [2.24, 2.45) is 0 Å². The van der Waals surface area contributed by atoms with Gasteiger partial charge in [-0.1, -0.05) is 30.3 Å². The van der Waals surface area contributed by atoms with Gasteiger partial charge < -0.3 is 10.1 Å². The molecular formula is C19H17F2N3O2. The Morgan fingerprint density at radius 1 is 1.12 bits per heavy atom. The number of aromatic nitrogens is 2. The third-order valence-corrected chi connectivity index (χ3v) is 3.67. The molecule has 0 saturated carbocycles. The molecule has 134 valence electrons. The molecule has 1 amide bonds. The number of benzene rings is 2. The normalized spacial score (nSPS) is 10.7. The molecule has 0 aliphatic rings. The van der Waals surface area contributed by atoms with E-state index < -0.39 is 6.61 Å². The molecule has 3 rings (SSSR count). The monoisotopic (exact) mass is 357 g/mol. The number of carbonyl (C=O) groups is 1. The molecule has 5 nitrogen and oxygen atoms in total. The fourth-order valence-electron chi connectivity index (χ4n) is 2.52. The number of nitrogens with one attached hydrogen (secondary N) is 1. The lowest BCUT2D eigenvalue weighted by Gasteiger charge is -2.09. The molecule has 0 fully saturated rings. The largest absolute Gasteiger partial charge is 0.435 e. The SMILES string of the molecule is O=C(NCc1cccc(Cn2cccn2)c1)c1cccc(OC(F)F)c1. The van der Waals surface area contributed by atoms with Crippen LogP contribution in [0, 0.1) is 0 Å². The summed E-state index contributed by atoms with van der Waals surface area (Å²) in [5.74, 6) is -0.406. The molecule has 0 saturated heterocycles. The molecule has 2 aromatic carbocycles. The maximum atomic E-state index is 12.3. The topological polar surface area (TPSA) is 56.2 Å². The van der Waals surface area contributed by atoms with Crippen LogP contribution in [-0.2, 0) is 13.1 Å². The van der Waals surface area contributed by atoms with Crippen molar-refractivity contribution < 1.29 is 18.3 Å². The van der Waals surface area contributed by atoms with E-state index in [1.165, 1.54) is 18.2 Å². The second kappa shape index (κ2) is 8.24. The molecule has 0 unspecified atom stereocenters. The van der Waals surface area contributed by atoms with Crippen LogP contribution in [0.1, 0.15) is 21.5 Å². The molecule has 1 aromatic heterocycles. The van der Waals surface area contributed by atoms with Crippen molar-refractivity contribution in [1.82, 2.24) is 15.1 Å². The van der Waals surface area contributed by atoms with E-state index in [-0.39, 0.29) is 17.2 Å². The number of alkyl halides is 2. The minimum Gasteiger partial charge on any atom is -0.435 e. The zero-order valence-corrected chi connectivity index (χ0v) is 13.8. The van der Waals surface area contributed by atoms with Gasteiger partial charge in [0.2, 0.25) is 0 Å². The van der Waals surface area contributed by atoms with Crippen LogP contribution in [-0.4, -0.2) is 22.3 Å². The van der Waals surface area contributed by atoms with Crippen LogP contribution in [0.3, 0.4) is 0 Å². The first-order valence-electron chi connectivity index (χ1n) is 7.98. The number of hydrogen-bond acceptors (Lipinski definition) is 3. The first-order chi connectivity index (χ1) is 12.6. The Labute approximate surface area is 149 Å². The molecular weight excluding hydrogens is 340 g/mol. The summed E-state index contributed by atoms with van der Waals surface area (Å²) in [5, 5.41) is 6.94. The van der Waals surface area contributed by atoms with Gasteiger partial charge in [-0.3, -0.25) is 9.48 Å². The van der Waals surface area contributed by atoms with Gasteiger partial charge in [0, 0.05) is 24.5 Å². The van der Waals surface area contributed by atoms with Gasteiger partial charge in [0.25, 0.3) is 5.91 Å². The van der Waals surface area contributed by atoms with E-state index in [0.29, 0.717) is 13.1 Å². The first-order valence-corrected chi connectivity index (χ1v) is 7.98. The van der Waals surface area contributed by atoms with E-state index in [2.05, 4.69) is 15.2 Å². The van der Waals surface area contributed by atoms with Crippen molar-refractivity contribution in [1.29, 1.82) is 0 Å². The molecule has 1 heterocycles. The summed E-state index contributed by atoms with van der Waals surface area (Å²) in [6.45, 7) is -1.96. The third kappa shape index (κ3) is 4.89. The van der Waals surface area contributed by atoms with Gasteiger partial charge in [0.05, 0.1) is 6.54 Å². The quantitative estimate of drug-likeness (QED) is 0.705. The van der Waals surface area contributed by atoms with Gasteiger partial charge in [0.15, 0.2) is 0 Å². The van der Waals surface area contributed by atoms with Crippen molar-refractivity contribution >= 4 is 5.91 Å². The third-order valence-electron chi connectivity index (χ3n) is 3.67. The molecule has 0 radical (unpaired) electrons. The first kappa shape index (κ1) is 17.6. The average molecular weight is 357 g/mol. The van der Waals surface area contributed by atoms with Crippen molar-refractivity contribution in [3.05, 3.63) is 83.7 Å². The number of hydrogen-bond donors (Lipinski definition) is 1. The van der Waals surface area contributed by atoms with E-state index in [9.17, 15) is 13.6 Å². The van der Waals surface area contributed by atoms with E-state index in [1.807, 2.05) is 41.2 Å². The standard InChI is InChI=1S/C19H17F2N3O2/c20-19(21)26-17-7-2-6-16(11-17)18(25)22-12-14-4-1-5-15(10-14)13-24-9-3-8-23-24/h1-11,19H,12-13H2,(H,22,25). The number of rotatable bonds is 7. The predicted molar refractivity (Wildman–Crippen MR) is 92.0 cm³/mol. The molecule has 7 heteroatoms. The summed E-state index contributed by atoms with van der Waals surface area (Å²) in [7, 11) is 0. The van der Waals surface area contributed by atoms with E-state index in [4.69, 9.17) is 0 Å². The minimum absolute atomic E-state index is 0.0473. The average Bonchev–Trinajstić information content (AvgIpc) is 3.12. The molecule has 26 heavy (non-hydrogen) atoms. The summed E-state index contributed by atoms with van der Waals surface area (Å²) < 4.78 is 30.7. The van der Waals surface area contributed by atoms with Crippen LogP contribution in [0.25, 0.3) is 0 Å². The highest BCUT2D eigenvalue weighted by Gasteiger charge is 2.09. The maximum Gasteiger partial charge on any atom is 0.387 e. The van der Waals surface area contributed by atoms with Crippen LogP contribution >= 0.6 is 0 Å². The van der Waals surface area contributed by atoms with Crippen molar-refractivity contribution in [3.63, 3.8) is 0 Å². The molecule has 3 aromatic rings. The zero-order chi connectivity index (χ0) is 18.4. The fraction of sp³-hybridized carbons (Fsp3) is 0.158. The smallest absolute Gasteiger partial charge is 0.387 e. The predicted octanol–water partition coefficient (Wildman–Crippen LogP) is 3.46. The summed E-state index contributed by atoms with van der Waals surface area (Å²) in [6.07, 6.45) is 3.60. The van der Waals surface area contributed by atoms with Crippen LogP contribution in [0.5, 0.6) is 5.75 Å². The van der Waals surface area contributed by atoms with Crippen molar-refractivity contribution in [2.45, 2.75) is 19.7 Å². The lowest BCUT2D eigenvalue weighted by molar-refractivity contribution is -0.0498. The minimum atomic E-state index is -2.93. The number of nitrogens with zero attached hydrogens (tertiary/aromatic N) is 2. The maximum absolute atomic E-state index is 12.3. The molecule has 0 atom stereocenters. The van der Waals surface area contributed by atoms with Crippen LogP contribution in [0.15, 0.2) is 67.0 Å². The Bertz CT molecular complexity index is 867. The van der Waals surface area contributed by atoms with Crippen LogP contribution in [0.4, 0.5) is 8.78 Å². The van der Waals surface area contributed by atoms with E-state index >= 15 is 0 Å².